The number of amidine groups is 1. The summed E-state index contributed by atoms with van der Waals surface area (Å²) in [6.07, 6.45) is 2.90. The van der Waals surface area contributed by atoms with Crippen molar-refractivity contribution in [3.05, 3.63) is 59.4 Å². The third kappa shape index (κ3) is 2.61. The number of benzene rings is 1. The molecule has 116 valence electrons. The van der Waals surface area contributed by atoms with E-state index in [4.69, 9.17) is 4.98 Å². The summed E-state index contributed by atoms with van der Waals surface area (Å²) in [7, 11) is 0. The first-order valence-corrected chi connectivity index (χ1v) is 8.02. The highest BCUT2D eigenvalue weighted by molar-refractivity contribution is 5.87. The van der Waals surface area contributed by atoms with E-state index < -0.39 is 0 Å². The van der Waals surface area contributed by atoms with Crippen molar-refractivity contribution < 1.29 is 0 Å². The maximum atomic E-state index is 4.90. The summed E-state index contributed by atoms with van der Waals surface area (Å²) < 4.78 is 2.19. The molecule has 23 heavy (non-hydrogen) atoms. The van der Waals surface area contributed by atoms with Crippen LogP contribution in [0.1, 0.15) is 16.8 Å². The fourth-order valence-corrected chi connectivity index (χ4v) is 3.03. The van der Waals surface area contributed by atoms with Gasteiger partial charge in [0.15, 0.2) is 0 Å². The normalized spacial score (nSPS) is 14.1. The SMILES string of the molecule is Cc1ccc(-c2nc3cc(C)ccn3c2CC2=NCCN2)cc1. The third-order valence-electron chi connectivity index (χ3n) is 4.28. The molecule has 2 aromatic heterocycles. The summed E-state index contributed by atoms with van der Waals surface area (Å²) in [6.45, 7) is 6.01. The topological polar surface area (TPSA) is 41.7 Å². The van der Waals surface area contributed by atoms with Crippen molar-refractivity contribution in [3.63, 3.8) is 0 Å². The minimum absolute atomic E-state index is 0.785. The second-order valence-electron chi connectivity index (χ2n) is 6.14. The predicted octanol–water partition coefficient (Wildman–Crippen LogP) is 3.16. The van der Waals surface area contributed by atoms with Gasteiger partial charge in [0, 0.05) is 24.7 Å². The second-order valence-corrected chi connectivity index (χ2v) is 6.14. The fourth-order valence-electron chi connectivity index (χ4n) is 3.03. The molecule has 3 aromatic rings. The average molecular weight is 304 g/mol. The van der Waals surface area contributed by atoms with E-state index in [1.807, 2.05) is 0 Å². The number of aromatic nitrogens is 2. The van der Waals surface area contributed by atoms with Crippen LogP contribution in [-0.2, 0) is 6.42 Å². The third-order valence-corrected chi connectivity index (χ3v) is 4.28. The molecular formula is C19H20N4. The van der Waals surface area contributed by atoms with Crippen molar-refractivity contribution in [1.82, 2.24) is 14.7 Å². The van der Waals surface area contributed by atoms with E-state index in [9.17, 15) is 0 Å². The van der Waals surface area contributed by atoms with Crippen molar-refractivity contribution in [2.45, 2.75) is 20.3 Å². The number of aryl methyl sites for hydroxylation is 2. The van der Waals surface area contributed by atoms with E-state index in [-0.39, 0.29) is 0 Å². The molecule has 0 aliphatic carbocycles. The Morgan fingerprint density at radius 1 is 1.09 bits per heavy atom. The zero-order valence-electron chi connectivity index (χ0n) is 13.5. The first kappa shape index (κ1) is 14.0. The predicted molar refractivity (Wildman–Crippen MR) is 94.1 cm³/mol. The summed E-state index contributed by atoms with van der Waals surface area (Å²) in [5.41, 5.74) is 6.88. The molecule has 0 amide bonds. The Hall–Kier alpha value is -2.62. The smallest absolute Gasteiger partial charge is 0.137 e. The van der Waals surface area contributed by atoms with Crippen molar-refractivity contribution in [2.24, 2.45) is 4.99 Å². The molecule has 0 radical (unpaired) electrons. The van der Waals surface area contributed by atoms with Crippen LogP contribution in [0.3, 0.4) is 0 Å². The summed E-state index contributed by atoms with van der Waals surface area (Å²) in [4.78, 5) is 9.44. The standard InChI is InChI=1S/C19H20N4/c1-13-3-5-15(6-4-13)19-16(12-17-20-8-9-21-17)23-10-7-14(2)11-18(23)22-19/h3-7,10-11H,8-9,12H2,1-2H3,(H,20,21). The van der Waals surface area contributed by atoms with Crippen molar-refractivity contribution in [3.8, 4) is 11.3 Å². The largest absolute Gasteiger partial charge is 0.372 e. The molecule has 0 saturated carbocycles. The molecule has 0 bridgehead atoms. The van der Waals surface area contributed by atoms with Crippen LogP contribution >= 0.6 is 0 Å². The number of rotatable bonds is 3. The molecule has 0 fully saturated rings. The van der Waals surface area contributed by atoms with Gasteiger partial charge in [0.1, 0.15) is 11.5 Å². The highest BCUT2D eigenvalue weighted by Crippen LogP contribution is 2.26. The molecule has 0 spiro atoms. The molecular weight excluding hydrogens is 284 g/mol. The van der Waals surface area contributed by atoms with Crippen LogP contribution < -0.4 is 5.32 Å². The number of pyridine rings is 1. The number of imidazole rings is 1. The van der Waals surface area contributed by atoms with Gasteiger partial charge in [0.25, 0.3) is 0 Å². The maximum absolute atomic E-state index is 4.90. The van der Waals surface area contributed by atoms with Crippen LogP contribution in [0.2, 0.25) is 0 Å². The van der Waals surface area contributed by atoms with Crippen LogP contribution in [0.15, 0.2) is 47.6 Å². The highest BCUT2D eigenvalue weighted by Gasteiger charge is 2.17. The summed E-state index contributed by atoms with van der Waals surface area (Å²) in [5, 5.41) is 3.37. The van der Waals surface area contributed by atoms with Gasteiger partial charge in [-0.2, -0.15) is 0 Å². The van der Waals surface area contributed by atoms with Gasteiger partial charge in [-0.25, -0.2) is 4.98 Å². The van der Waals surface area contributed by atoms with E-state index in [0.29, 0.717) is 0 Å². The number of hydrogen-bond acceptors (Lipinski definition) is 3. The van der Waals surface area contributed by atoms with E-state index in [2.05, 4.69) is 71.2 Å². The lowest BCUT2D eigenvalue weighted by Gasteiger charge is -2.07. The highest BCUT2D eigenvalue weighted by atomic mass is 15.1. The zero-order chi connectivity index (χ0) is 15.8. The van der Waals surface area contributed by atoms with E-state index in [0.717, 1.165) is 42.3 Å². The first-order chi connectivity index (χ1) is 11.2. The number of aliphatic imine (C=N–C) groups is 1. The monoisotopic (exact) mass is 304 g/mol. The average Bonchev–Trinajstić information content (AvgIpc) is 3.17. The minimum Gasteiger partial charge on any atom is -0.372 e. The lowest BCUT2D eigenvalue weighted by molar-refractivity contribution is 0.948. The van der Waals surface area contributed by atoms with Gasteiger partial charge in [-0.3, -0.25) is 4.99 Å². The second kappa shape index (κ2) is 5.54. The molecule has 3 heterocycles. The summed E-state index contributed by atoms with van der Waals surface area (Å²) >= 11 is 0. The van der Waals surface area contributed by atoms with Gasteiger partial charge in [-0.1, -0.05) is 29.8 Å². The Morgan fingerprint density at radius 3 is 2.65 bits per heavy atom. The van der Waals surface area contributed by atoms with Gasteiger partial charge in [0.2, 0.25) is 0 Å². The quantitative estimate of drug-likeness (QED) is 0.807. The van der Waals surface area contributed by atoms with E-state index in [1.54, 1.807) is 0 Å². The zero-order valence-corrected chi connectivity index (χ0v) is 13.5. The molecule has 4 heteroatoms. The Bertz CT molecular complexity index is 888. The number of fused-ring (bicyclic) bond motifs is 1. The molecule has 1 aliphatic rings. The Labute approximate surface area is 135 Å². The molecule has 1 aromatic carbocycles. The van der Waals surface area contributed by atoms with Gasteiger partial charge < -0.3 is 9.72 Å². The number of nitrogens with one attached hydrogen (secondary N) is 1. The molecule has 4 nitrogen and oxygen atoms in total. The first-order valence-electron chi connectivity index (χ1n) is 8.02. The van der Waals surface area contributed by atoms with Gasteiger partial charge in [0.05, 0.1) is 17.9 Å². The van der Waals surface area contributed by atoms with Crippen LogP contribution in [0.5, 0.6) is 0 Å². The molecule has 4 rings (SSSR count). The van der Waals surface area contributed by atoms with Gasteiger partial charge >= 0.3 is 0 Å². The van der Waals surface area contributed by atoms with E-state index >= 15 is 0 Å². The Balaban J connectivity index is 1.88. The van der Waals surface area contributed by atoms with Crippen LogP contribution in [0, 0.1) is 13.8 Å². The summed E-state index contributed by atoms with van der Waals surface area (Å²) in [6, 6.07) is 12.8. The Kier molecular flexibility index (Phi) is 3.37. The van der Waals surface area contributed by atoms with E-state index in [1.165, 1.54) is 16.8 Å². The van der Waals surface area contributed by atoms with Crippen molar-refractivity contribution >= 4 is 11.5 Å². The number of hydrogen-bond donors (Lipinski definition) is 1. The molecule has 0 atom stereocenters. The molecule has 1 aliphatic heterocycles. The van der Waals surface area contributed by atoms with Gasteiger partial charge in [-0.05, 0) is 31.5 Å². The lowest BCUT2D eigenvalue weighted by atomic mass is 10.1. The minimum atomic E-state index is 0.785. The van der Waals surface area contributed by atoms with Crippen molar-refractivity contribution in [1.29, 1.82) is 0 Å². The maximum Gasteiger partial charge on any atom is 0.137 e. The summed E-state index contributed by atoms with van der Waals surface area (Å²) in [5.74, 6) is 1.06. The molecule has 0 unspecified atom stereocenters. The fraction of sp³-hybridized carbons (Fsp3) is 0.263. The molecule has 1 N–H and O–H groups in total. The van der Waals surface area contributed by atoms with Gasteiger partial charge in [-0.15, -0.1) is 0 Å². The Morgan fingerprint density at radius 2 is 1.91 bits per heavy atom. The van der Waals surface area contributed by atoms with Crippen LogP contribution in [-0.4, -0.2) is 28.3 Å². The van der Waals surface area contributed by atoms with Crippen LogP contribution in [0.4, 0.5) is 0 Å². The molecule has 0 saturated heterocycles. The van der Waals surface area contributed by atoms with Crippen molar-refractivity contribution in [2.75, 3.05) is 13.1 Å². The van der Waals surface area contributed by atoms with Crippen LogP contribution in [0.25, 0.3) is 16.9 Å². The lowest BCUT2D eigenvalue weighted by Crippen LogP contribution is -2.21. The number of nitrogens with zero attached hydrogens (tertiary/aromatic N) is 3.